The van der Waals surface area contributed by atoms with Crippen molar-refractivity contribution >= 4 is 29.9 Å². The molecule has 1 fully saturated rings. The van der Waals surface area contributed by atoms with Crippen LogP contribution in [0.5, 0.6) is 0 Å². The third-order valence-corrected chi connectivity index (χ3v) is 11.9. The number of aliphatic imine (C=N–C) groups is 1. The van der Waals surface area contributed by atoms with Crippen LogP contribution in [-0.2, 0) is 0 Å². The summed E-state index contributed by atoms with van der Waals surface area (Å²) >= 11 is 0. The summed E-state index contributed by atoms with van der Waals surface area (Å²) < 4.78 is 0. The molecule has 0 bridgehead atoms. The molecule has 0 saturated heterocycles. The first kappa shape index (κ1) is 20.8. The number of rotatable bonds is 8. The molecular formula is C28H32NP. The predicted molar refractivity (Wildman–Crippen MR) is 136 cm³/mol. The van der Waals surface area contributed by atoms with E-state index in [2.05, 4.69) is 123 Å². The Balaban J connectivity index is 1.90. The van der Waals surface area contributed by atoms with Crippen LogP contribution in [0.25, 0.3) is 0 Å². The third-order valence-electron chi connectivity index (χ3n) is 6.82. The van der Waals surface area contributed by atoms with E-state index in [1.165, 1.54) is 22.3 Å². The summed E-state index contributed by atoms with van der Waals surface area (Å²) in [6, 6.07) is 34.0. The molecule has 2 heteroatoms. The van der Waals surface area contributed by atoms with Crippen LogP contribution in [0.15, 0.2) is 107 Å². The van der Waals surface area contributed by atoms with Crippen LogP contribution in [0.2, 0.25) is 0 Å². The molecule has 154 valence electrons. The van der Waals surface area contributed by atoms with Gasteiger partial charge in [0.25, 0.3) is 0 Å². The van der Waals surface area contributed by atoms with Gasteiger partial charge >= 0.3 is 182 Å². The standard InChI is InChI=1S/C28H32NP/c1-4-24(20-23-21-28(23)22(2)29-3)30(25-14-8-5-9-15-25,26-16-10-6-11-17-26)27-18-12-7-13-19-27/h4-19,22-23,28,30H,3,20-21H2,1-2H3/b24-4-/t22-,23?,28?/m0/s1. The van der Waals surface area contributed by atoms with Gasteiger partial charge in [-0.25, -0.2) is 0 Å². The molecule has 4 rings (SSSR count). The van der Waals surface area contributed by atoms with Gasteiger partial charge in [0.05, 0.1) is 0 Å². The minimum atomic E-state index is -2.34. The zero-order valence-electron chi connectivity index (χ0n) is 18.0. The van der Waals surface area contributed by atoms with E-state index < -0.39 is 7.26 Å². The fraction of sp³-hybridized carbons (Fsp3) is 0.250. The Bertz CT molecular complexity index is 898. The Kier molecular flexibility index (Phi) is 6.30. The average Bonchev–Trinajstić information content (AvgIpc) is 3.60. The van der Waals surface area contributed by atoms with E-state index in [4.69, 9.17) is 0 Å². The zero-order chi connectivity index (χ0) is 21.0. The average molecular weight is 414 g/mol. The van der Waals surface area contributed by atoms with Gasteiger partial charge in [-0.3, -0.25) is 0 Å². The normalized spacial score (nSPS) is 20.4. The molecule has 2 unspecified atom stereocenters. The first-order chi connectivity index (χ1) is 14.7. The van der Waals surface area contributed by atoms with Gasteiger partial charge in [0.15, 0.2) is 0 Å². The van der Waals surface area contributed by atoms with Crippen molar-refractivity contribution in [2.75, 3.05) is 0 Å². The van der Waals surface area contributed by atoms with Gasteiger partial charge in [-0.1, -0.05) is 0 Å². The molecular weight excluding hydrogens is 381 g/mol. The first-order valence-electron chi connectivity index (χ1n) is 11.0. The second-order valence-corrected chi connectivity index (χ2v) is 12.3. The van der Waals surface area contributed by atoms with Crippen LogP contribution >= 0.6 is 7.26 Å². The third kappa shape index (κ3) is 3.80. The van der Waals surface area contributed by atoms with E-state index in [-0.39, 0.29) is 0 Å². The van der Waals surface area contributed by atoms with Crippen molar-refractivity contribution in [3.8, 4) is 0 Å². The number of hydrogen-bond donors (Lipinski definition) is 0. The Hall–Kier alpha value is -2.50. The van der Waals surface area contributed by atoms with Crippen LogP contribution in [0.1, 0.15) is 26.7 Å². The van der Waals surface area contributed by atoms with Crippen molar-refractivity contribution in [3.63, 3.8) is 0 Å². The maximum absolute atomic E-state index is 4.31. The molecule has 30 heavy (non-hydrogen) atoms. The number of nitrogens with zero attached hydrogens (tertiary/aromatic N) is 1. The van der Waals surface area contributed by atoms with Crippen molar-refractivity contribution in [2.45, 2.75) is 32.7 Å². The fourth-order valence-corrected chi connectivity index (χ4v) is 10.3. The Morgan fingerprint density at radius 1 is 0.900 bits per heavy atom. The molecule has 0 aromatic heterocycles. The molecule has 0 amide bonds. The summed E-state index contributed by atoms with van der Waals surface area (Å²) in [6.45, 7) is 8.24. The first-order valence-corrected chi connectivity index (χ1v) is 13.0. The Labute approximate surface area is 181 Å². The van der Waals surface area contributed by atoms with Gasteiger partial charge < -0.3 is 0 Å². The van der Waals surface area contributed by atoms with E-state index in [1.54, 1.807) is 5.31 Å². The Morgan fingerprint density at radius 3 is 1.70 bits per heavy atom. The summed E-state index contributed by atoms with van der Waals surface area (Å²) in [6.07, 6.45) is 4.83. The van der Waals surface area contributed by atoms with Gasteiger partial charge in [0, 0.05) is 0 Å². The molecule has 0 radical (unpaired) electrons. The molecule has 3 aromatic rings. The van der Waals surface area contributed by atoms with E-state index >= 15 is 0 Å². The summed E-state index contributed by atoms with van der Waals surface area (Å²) in [4.78, 5) is 4.31. The maximum atomic E-state index is 4.31. The SMILES string of the molecule is C=N[C@@H](C)C1CC1C/C(=C/C)[PH](c1ccccc1)(c1ccccc1)c1ccccc1. The van der Waals surface area contributed by atoms with Crippen LogP contribution in [0.4, 0.5) is 0 Å². The van der Waals surface area contributed by atoms with Gasteiger partial charge in [0.2, 0.25) is 0 Å². The van der Waals surface area contributed by atoms with Crippen LogP contribution < -0.4 is 15.9 Å². The second kappa shape index (κ2) is 9.11. The van der Waals surface area contributed by atoms with Crippen molar-refractivity contribution in [1.82, 2.24) is 0 Å². The number of allylic oxidation sites excluding steroid dienone is 2. The molecule has 3 aromatic carbocycles. The second-order valence-electron chi connectivity index (χ2n) is 8.45. The van der Waals surface area contributed by atoms with Crippen molar-refractivity contribution in [2.24, 2.45) is 16.8 Å². The fourth-order valence-electron chi connectivity index (χ4n) is 5.12. The molecule has 0 N–H and O–H groups in total. The van der Waals surface area contributed by atoms with Crippen molar-refractivity contribution < 1.29 is 0 Å². The number of benzene rings is 3. The summed E-state index contributed by atoms with van der Waals surface area (Å²) in [5, 5.41) is 5.99. The van der Waals surface area contributed by atoms with Gasteiger partial charge in [-0.2, -0.15) is 0 Å². The summed E-state index contributed by atoms with van der Waals surface area (Å²) in [7, 11) is -2.34. The zero-order valence-corrected chi connectivity index (χ0v) is 19.0. The quantitative estimate of drug-likeness (QED) is 0.330. The molecule has 1 aliphatic rings. The van der Waals surface area contributed by atoms with Gasteiger partial charge in [-0.15, -0.1) is 0 Å². The molecule has 1 saturated carbocycles. The molecule has 0 aliphatic heterocycles. The van der Waals surface area contributed by atoms with E-state index in [1.807, 2.05) is 0 Å². The van der Waals surface area contributed by atoms with Gasteiger partial charge in [0.1, 0.15) is 0 Å². The van der Waals surface area contributed by atoms with E-state index in [0.717, 1.165) is 6.42 Å². The van der Waals surface area contributed by atoms with Crippen molar-refractivity contribution in [1.29, 1.82) is 0 Å². The molecule has 3 atom stereocenters. The molecule has 0 heterocycles. The number of hydrogen-bond acceptors (Lipinski definition) is 1. The molecule has 1 aliphatic carbocycles. The predicted octanol–water partition coefficient (Wildman–Crippen LogP) is 5.73. The monoisotopic (exact) mass is 413 g/mol. The van der Waals surface area contributed by atoms with Crippen molar-refractivity contribution in [3.05, 3.63) is 102 Å². The minimum absolute atomic E-state index is 0.356. The van der Waals surface area contributed by atoms with Crippen LogP contribution in [0, 0.1) is 11.8 Å². The summed E-state index contributed by atoms with van der Waals surface area (Å²) in [5.41, 5.74) is 0. The molecule has 1 nitrogen and oxygen atoms in total. The van der Waals surface area contributed by atoms with E-state index in [9.17, 15) is 0 Å². The summed E-state index contributed by atoms with van der Waals surface area (Å²) in [5.74, 6) is 1.38. The van der Waals surface area contributed by atoms with Crippen LogP contribution in [0.3, 0.4) is 0 Å². The van der Waals surface area contributed by atoms with Gasteiger partial charge in [-0.05, 0) is 0 Å². The topological polar surface area (TPSA) is 12.4 Å². The molecule has 0 spiro atoms. The van der Waals surface area contributed by atoms with E-state index in [0.29, 0.717) is 17.9 Å². The Morgan fingerprint density at radius 2 is 1.33 bits per heavy atom. The van der Waals surface area contributed by atoms with Crippen LogP contribution in [-0.4, -0.2) is 12.8 Å².